The Morgan fingerprint density at radius 2 is 2.09 bits per heavy atom. The average Bonchev–Trinajstić information content (AvgIpc) is 2.50. The van der Waals surface area contributed by atoms with E-state index in [4.69, 9.17) is 15.2 Å². The molecule has 0 radical (unpaired) electrons. The first-order valence-corrected chi connectivity index (χ1v) is 7.40. The van der Waals surface area contributed by atoms with Crippen LogP contribution >= 0.6 is 0 Å². The fourth-order valence-corrected chi connectivity index (χ4v) is 2.05. The number of rotatable bonds is 8. The van der Waals surface area contributed by atoms with Crippen LogP contribution in [0, 0.1) is 5.92 Å². The van der Waals surface area contributed by atoms with Crippen LogP contribution in [-0.2, 0) is 13.0 Å². The number of nitrogens with one attached hydrogen (secondary N) is 1. The quantitative estimate of drug-likeness (QED) is 0.440. The summed E-state index contributed by atoms with van der Waals surface area (Å²) in [5, 5.41) is 3.10. The highest BCUT2D eigenvalue weighted by atomic mass is 16.5. The molecule has 1 rings (SSSR count). The topological polar surface area (TPSA) is 68.9 Å². The SMILES string of the molecule is C=CCc1cc(CN=C(N)NCC(C)C)cc(OC)c1OC. The fourth-order valence-electron chi connectivity index (χ4n) is 2.05. The van der Waals surface area contributed by atoms with E-state index in [-0.39, 0.29) is 0 Å². The van der Waals surface area contributed by atoms with E-state index in [1.54, 1.807) is 14.2 Å². The van der Waals surface area contributed by atoms with Crippen LogP contribution in [0.25, 0.3) is 0 Å². The zero-order valence-corrected chi connectivity index (χ0v) is 14.0. The van der Waals surface area contributed by atoms with Crippen molar-refractivity contribution in [2.45, 2.75) is 26.8 Å². The zero-order valence-electron chi connectivity index (χ0n) is 14.0. The molecule has 22 heavy (non-hydrogen) atoms. The highest BCUT2D eigenvalue weighted by Gasteiger charge is 2.11. The molecule has 0 unspecified atom stereocenters. The first-order chi connectivity index (χ1) is 10.5. The number of nitrogens with two attached hydrogens (primary N) is 1. The van der Waals surface area contributed by atoms with Crippen LogP contribution < -0.4 is 20.5 Å². The largest absolute Gasteiger partial charge is 0.493 e. The van der Waals surface area contributed by atoms with E-state index in [9.17, 15) is 0 Å². The lowest BCUT2D eigenvalue weighted by molar-refractivity contribution is 0.352. The van der Waals surface area contributed by atoms with Gasteiger partial charge in [0.15, 0.2) is 17.5 Å². The maximum Gasteiger partial charge on any atom is 0.188 e. The van der Waals surface area contributed by atoms with Crippen LogP contribution in [0.2, 0.25) is 0 Å². The van der Waals surface area contributed by atoms with Gasteiger partial charge in [0.1, 0.15) is 0 Å². The van der Waals surface area contributed by atoms with Gasteiger partial charge in [-0.1, -0.05) is 19.9 Å². The number of hydrogen-bond acceptors (Lipinski definition) is 3. The summed E-state index contributed by atoms with van der Waals surface area (Å²) in [6.45, 7) is 9.32. The summed E-state index contributed by atoms with van der Waals surface area (Å²) in [7, 11) is 3.26. The molecule has 0 spiro atoms. The van der Waals surface area contributed by atoms with Crippen molar-refractivity contribution >= 4 is 5.96 Å². The van der Waals surface area contributed by atoms with E-state index >= 15 is 0 Å². The lowest BCUT2D eigenvalue weighted by Gasteiger charge is -2.14. The summed E-state index contributed by atoms with van der Waals surface area (Å²) >= 11 is 0. The first kappa shape index (κ1) is 17.9. The lowest BCUT2D eigenvalue weighted by Crippen LogP contribution is -2.34. The molecule has 0 atom stereocenters. The normalized spacial score (nSPS) is 11.4. The van der Waals surface area contributed by atoms with Crippen molar-refractivity contribution in [2.75, 3.05) is 20.8 Å². The summed E-state index contributed by atoms with van der Waals surface area (Å²) in [6.07, 6.45) is 2.54. The van der Waals surface area contributed by atoms with Crippen molar-refractivity contribution in [3.63, 3.8) is 0 Å². The standard InChI is InChI=1S/C17H27N3O2/c1-6-7-14-8-13(9-15(21-4)16(14)22-5)11-20-17(18)19-10-12(2)3/h6,8-9,12H,1,7,10-11H2,2-5H3,(H3,18,19,20). The number of methoxy groups -OCH3 is 2. The minimum Gasteiger partial charge on any atom is -0.493 e. The molecule has 5 nitrogen and oxygen atoms in total. The minimum atomic E-state index is 0.453. The number of allylic oxidation sites excluding steroid dienone is 1. The Labute approximate surface area is 133 Å². The Hall–Kier alpha value is -2.17. The van der Waals surface area contributed by atoms with Crippen molar-refractivity contribution in [1.82, 2.24) is 5.32 Å². The molecule has 122 valence electrons. The Morgan fingerprint density at radius 1 is 1.36 bits per heavy atom. The molecule has 1 aromatic carbocycles. The van der Waals surface area contributed by atoms with Crippen molar-refractivity contribution in [1.29, 1.82) is 0 Å². The predicted molar refractivity (Wildman–Crippen MR) is 91.6 cm³/mol. The van der Waals surface area contributed by atoms with Gasteiger partial charge in [-0.2, -0.15) is 0 Å². The highest BCUT2D eigenvalue weighted by Crippen LogP contribution is 2.33. The van der Waals surface area contributed by atoms with Crippen LogP contribution in [-0.4, -0.2) is 26.7 Å². The number of guanidine groups is 1. The average molecular weight is 305 g/mol. The van der Waals surface area contributed by atoms with Crippen molar-refractivity contribution in [3.8, 4) is 11.5 Å². The summed E-state index contributed by atoms with van der Waals surface area (Å²) in [6, 6.07) is 3.97. The Bertz CT molecular complexity index is 525. The van der Waals surface area contributed by atoms with E-state index in [0.717, 1.165) is 23.4 Å². The molecular formula is C17H27N3O2. The summed E-state index contributed by atoms with van der Waals surface area (Å²) in [5.74, 6) is 2.41. The molecule has 3 N–H and O–H groups in total. The number of ether oxygens (including phenoxy) is 2. The summed E-state index contributed by atoms with van der Waals surface area (Å²) in [5.41, 5.74) is 7.90. The van der Waals surface area contributed by atoms with Gasteiger partial charge in [-0.15, -0.1) is 6.58 Å². The third kappa shape index (κ3) is 5.31. The predicted octanol–water partition coefficient (Wildman–Crippen LogP) is 2.49. The number of hydrogen-bond donors (Lipinski definition) is 2. The van der Waals surface area contributed by atoms with Gasteiger partial charge in [0.05, 0.1) is 20.8 Å². The summed E-state index contributed by atoms with van der Waals surface area (Å²) in [4.78, 5) is 4.36. The third-order valence-electron chi connectivity index (χ3n) is 3.10. The molecule has 1 aromatic rings. The molecule has 0 aliphatic carbocycles. The van der Waals surface area contributed by atoms with Crippen LogP contribution in [0.3, 0.4) is 0 Å². The molecule has 0 saturated heterocycles. The molecule has 0 saturated carbocycles. The van der Waals surface area contributed by atoms with Gasteiger partial charge in [0, 0.05) is 12.1 Å². The van der Waals surface area contributed by atoms with Gasteiger partial charge in [0.2, 0.25) is 0 Å². The molecule has 0 bridgehead atoms. The van der Waals surface area contributed by atoms with E-state index in [1.165, 1.54) is 0 Å². The fraction of sp³-hybridized carbons (Fsp3) is 0.471. The molecule has 0 amide bonds. The second-order valence-electron chi connectivity index (χ2n) is 5.46. The molecule has 0 aliphatic heterocycles. The van der Waals surface area contributed by atoms with Crippen LogP contribution in [0.4, 0.5) is 0 Å². The third-order valence-corrected chi connectivity index (χ3v) is 3.10. The van der Waals surface area contributed by atoms with Gasteiger partial charge >= 0.3 is 0 Å². The van der Waals surface area contributed by atoms with Crippen molar-refractivity contribution in [2.24, 2.45) is 16.6 Å². The lowest BCUT2D eigenvalue weighted by atomic mass is 10.1. The summed E-state index contributed by atoms with van der Waals surface area (Å²) < 4.78 is 10.8. The number of aliphatic imine (C=N–C) groups is 1. The first-order valence-electron chi connectivity index (χ1n) is 7.40. The van der Waals surface area contributed by atoms with E-state index < -0.39 is 0 Å². The van der Waals surface area contributed by atoms with Crippen molar-refractivity contribution in [3.05, 3.63) is 35.9 Å². The van der Waals surface area contributed by atoms with Crippen LogP contribution in [0.15, 0.2) is 29.8 Å². The zero-order chi connectivity index (χ0) is 16.5. The molecular weight excluding hydrogens is 278 g/mol. The van der Waals surface area contributed by atoms with Gasteiger partial charge in [-0.05, 0) is 30.0 Å². The van der Waals surface area contributed by atoms with Crippen LogP contribution in [0.5, 0.6) is 11.5 Å². The second-order valence-corrected chi connectivity index (χ2v) is 5.46. The van der Waals surface area contributed by atoms with E-state index in [2.05, 4.69) is 30.7 Å². The van der Waals surface area contributed by atoms with Gasteiger partial charge in [-0.25, -0.2) is 4.99 Å². The van der Waals surface area contributed by atoms with Crippen LogP contribution in [0.1, 0.15) is 25.0 Å². The smallest absolute Gasteiger partial charge is 0.188 e. The van der Waals surface area contributed by atoms with E-state index in [0.29, 0.717) is 30.6 Å². The van der Waals surface area contributed by atoms with Gasteiger partial charge in [-0.3, -0.25) is 0 Å². The van der Waals surface area contributed by atoms with Crippen molar-refractivity contribution < 1.29 is 9.47 Å². The van der Waals surface area contributed by atoms with Gasteiger partial charge < -0.3 is 20.5 Å². The highest BCUT2D eigenvalue weighted by molar-refractivity contribution is 5.77. The monoisotopic (exact) mass is 305 g/mol. The Balaban J connectivity index is 2.92. The minimum absolute atomic E-state index is 0.453. The second kappa shape index (κ2) is 8.97. The Morgan fingerprint density at radius 3 is 2.64 bits per heavy atom. The molecule has 0 aliphatic rings. The number of benzene rings is 1. The maximum atomic E-state index is 5.86. The Kier molecular flexibility index (Phi) is 7.29. The molecule has 0 heterocycles. The van der Waals surface area contributed by atoms with Gasteiger partial charge in [0.25, 0.3) is 0 Å². The molecule has 0 aromatic heterocycles. The number of nitrogens with zero attached hydrogens (tertiary/aromatic N) is 1. The molecule has 5 heteroatoms. The maximum absolute atomic E-state index is 5.86. The van der Waals surface area contributed by atoms with E-state index in [1.807, 2.05) is 18.2 Å². The molecule has 0 fully saturated rings.